The summed E-state index contributed by atoms with van der Waals surface area (Å²) in [5, 5.41) is 8.99. The van der Waals surface area contributed by atoms with E-state index in [0.717, 1.165) is 50.7 Å². The summed E-state index contributed by atoms with van der Waals surface area (Å²) in [7, 11) is 1.69. The lowest BCUT2D eigenvalue weighted by Gasteiger charge is -2.16. The van der Waals surface area contributed by atoms with Gasteiger partial charge in [0.05, 0.1) is 22.9 Å². The van der Waals surface area contributed by atoms with Crippen LogP contribution in [-0.4, -0.2) is 35.1 Å². The van der Waals surface area contributed by atoms with Crippen molar-refractivity contribution in [3.8, 4) is 5.75 Å². The smallest absolute Gasteiger partial charge is 0.183 e. The number of thioether (sulfide) groups is 1. The van der Waals surface area contributed by atoms with Crippen molar-refractivity contribution in [1.82, 2.24) is 4.98 Å². The van der Waals surface area contributed by atoms with Gasteiger partial charge < -0.3 is 15.4 Å². The highest BCUT2D eigenvalue weighted by molar-refractivity contribution is 8.14. The summed E-state index contributed by atoms with van der Waals surface area (Å²) in [6.45, 7) is 0.856. The van der Waals surface area contributed by atoms with E-state index in [9.17, 15) is 0 Å². The SMILES string of the molecule is COc1ccc2nc(NCCc3ccc(NC4=NC5(CCCC5)CS4)cc3)sc2c1. The first-order valence-corrected chi connectivity index (χ1v) is 12.3. The van der Waals surface area contributed by atoms with Gasteiger partial charge in [0.1, 0.15) is 5.75 Å². The molecule has 30 heavy (non-hydrogen) atoms. The Morgan fingerprint density at radius 1 is 1.10 bits per heavy atom. The van der Waals surface area contributed by atoms with Crippen molar-refractivity contribution in [1.29, 1.82) is 0 Å². The third-order valence-electron chi connectivity index (χ3n) is 5.84. The molecule has 1 aliphatic heterocycles. The molecule has 7 heteroatoms. The van der Waals surface area contributed by atoms with Gasteiger partial charge in [0.25, 0.3) is 0 Å². The third-order valence-corrected chi connectivity index (χ3v) is 7.97. The highest BCUT2D eigenvalue weighted by Gasteiger charge is 2.38. The van der Waals surface area contributed by atoms with E-state index in [2.05, 4.69) is 39.9 Å². The standard InChI is InChI=1S/C23H26N4OS2/c1-28-18-8-9-19-20(14-18)30-21(26-19)24-13-10-16-4-6-17(7-5-16)25-22-27-23(15-29-22)11-2-3-12-23/h4-9,14H,2-3,10-13,15H2,1H3,(H,24,26)(H,25,27). The third kappa shape index (κ3) is 4.27. The molecule has 2 heterocycles. The molecular weight excluding hydrogens is 412 g/mol. The number of ether oxygens (including phenoxy) is 1. The van der Waals surface area contributed by atoms with Gasteiger partial charge in [-0.2, -0.15) is 0 Å². The van der Waals surface area contributed by atoms with Crippen molar-refractivity contribution in [3.63, 3.8) is 0 Å². The van der Waals surface area contributed by atoms with Crippen molar-refractivity contribution >= 4 is 49.3 Å². The average Bonchev–Trinajstić information content (AvgIpc) is 3.49. The molecule has 1 aliphatic carbocycles. The molecule has 156 valence electrons. The Balaban J connectivity index is 1.14. The molecule has 2 aliphatic rings. The molecule has 1 aromatic heterocycles. The van der Waals surface area contributed by atoms with Crippen molar-refractivity contribution < 1.29 is 4.74 Å². The van der Waals surface area contributed by atoms with Gasteiger partial charge in [0.15, 0.2) is 10.3 Å². The van der Waals surface area contributed by atoms with Crippen LogP contribution < -0.4 is 15.4 Å². The Morgan fingerprint density at radius 3 is 2.73 bits per heavy atom. The van der Waals surface area contributed by atoms with Gasteiger partial charge in [-0.3, -0.25) is 4.99 Å². The fourth-order valence-electron chi connectivity index (χ4n) is 4.14. The van der Waals surface area contributed by atoms with Gasteiger partial charge in [0.2, 0.25) is 0 Å². The van der Waals surface area contributed by atoms with Crippen LogP contribution >= 0.6 is 23.1 Å². The highest BCUT2D eigenvalue weighted by atomic mass is 32.2. The molecule has 5 nitrogen and oxygen atoms in total. The van der Waals surface area contributed by atoms with Crippen molar-refractivity contribution in [2.75, 3.05) is 30.0 Å². The zero-order valence-corrected chi connectivity index (χ0v) is 18.7. The summed E-state index contributed by atoms with van der Waals surface area (Å²) >= 11 is 3.53. The van der Waals surface area contributed by atoms with E-state index in [4.69, 9.17) is 9.73 Å². The van der Waals surface area contributed by atoms with E-state index in [-0.39, 0.29) is 5.54 Å². The van der Waals surface area contributed by atoms with Crippen LogP contribution in [0.25, 0.3) is 10.2 Å². The number of thiazole rings is 1. The normalized spacial score (nSPS) is 17.4. The van der Waals surface area contributed by atoms with Crippen LogP contribution in [0.5, 0.6) is 5.75 Å². The Kier molecular flexibility index (Phi) is 5.56. The minimum Gasteiger partial charge on any atom is -0.497 e. The lowest BCUT2D eigenvalue weighted by Crippen LogP contribution is -2.21. The number of methoxy groups -OCH3 is 1. The van der Waals surface area contributed by atoms with E-state index < -0.39 is 0 Å². The summed E-state index contributed by atoms with van der Waals surface area (Å²) in [6, 6.07) is 14.7. The molecule has 2 N–H and O–H groups in total. The van der Waals surface area contributed by atoms with Crippen LogP contribution in [0.1, 0.15) is 31.2 Å². The van der Waals surface area contributed by atoms with Gasteiger partial charge >= 0.3 is 0 Å². The van der Waals surface area contributed by atoms with Crippen molar-refractivity contribution in [2.24, 2.45) is 4.99 Å². The molecule has 1 saturated carbocycles. The average molecular weight is 439 g/mol. The molecule has 5 rings (SSSR count). The summed E-state index contributed by atoms with van der Waals surface area (Å²) < 4.78 is 6.43. The predicted molar refractivity (Wildman–Crippen MR) is 130 cm³/mol. The van der Waals surface area contributed by atoms with E-state index in [1.165, 1.54) is 31.2 Å². The van der Waals surface area contributed by atoms with Gasteiger partial charge in [0, 0.05) is 18.0 Å². The molecule has 0 amide bonds. The molecular formula is C23H26N4OS2. The van der Waals surface area contributed by atoms with Crippen LogP contribution in [-0.2, 0) is 6.42 Å². The zero-order valence-electron chi connectivity index (χ0n) is 17.1. The number of anilines is 2. The molecule has 0 atom stereocenters. The van der Waals surface area contributed by atoms with Crippen LogP contribution in [0.2, 0.25) is 0 Å². The Hall–Kier alpha value is -2.25. The number of benzene rings is 2. The second-order valence-electron chi connectivity index (χ2n) is 7.99. The fourth-order valence-corrected chi connectivity index (χ4v) is 6.26. The van der Waals surface area contributed by atoms with Gasteiger partial charge in [-0.25, -0.2) is 4.98 Å². The number of aliphatic imine (C=N–C) groups is 1. The van der Waals surface area contributed by atoms with E-state index in [1.807, 2.05) is 30.0 Å². The van der Waals surface area contributed by atoms with E-state index in [0.29, 0.717) is 0 Å². The number of aromatic nitrogens is 1. The minimum absolute atomic E-state index is 0.227. The predicted octanol–water partition coefficient (Wildman–Crippen LogP) is 5.79. The molecule has 0 radical (unpaired) electrons. The van der Waals surface area contributed by atoms with Gasteiger partial charge in [-0.1, -0.05) is 48.1 Å². The minimum atomic E-state index is 0.227. The highest BCUT2D eigenvalue weighted by Crippen LogP contribution is 2.41. The summed E-state index contributed by atoms with van der Waals surface area (Å²) in [5.41, 5.74) is 3.66. The van der Waals surface area contributed by atoms with Gasteiger partial charge in [-0.15, -0.1) is 0 Å². The topological polar surface area (TPSA) is 58.5 Å². The number of nitrogens with zero attached hydrogens (tertiary/aromatic N) is 2. The molecule has 3 aromatic rings. The maximum absolute atomic E-state index is 5.29. The van der Waals surface area contributed by atoms with Crippen LogP contribution in [0.15, 0.2) is 47.5 Å². The second-order valence-corrected chi connectivity index (χ2v) is 9.98. The van der Waals surface area contributed by atoms with Crippen molar-refractivity contribution in [2.45, 2.75) is 37.6 Å². The molecule has 0 saturated heterocycles. The summed E-state index contributed by atoms with van der Waals surface area (Å²) in [5.74, 6) is 2.00. The summed E-state index contributed by atoms with van der Waals surface area (Å²) in [4.78, 5) is 9.64. The zero-order chi connectivity index (χ0) is 20.4. The molecule has 0 unspecified atom stereocenters. The van der Waals surface area contributed by atoms with E-state index in [1.54, 1.807) is 18.4 Å². The number of hydrogen-bond donors (Lipinski definition) is 2. The fraction of sp³-hybridized carbons (Fsp3) is 0.391. The van der Waals surface area contributed by atoms with E-state index >= 15 is 0 Å². The lowest BCUT2D eigenvalue weighted by molar-refractivity contribution is 0.415. The van der Waals surface area contributed by atoms with Crippen LogP contribution in [0.3, 0.4) is 0 Å². The number of fused-ring (bicyclic) bond motifs is 1. The first-order valence-electron chi connectivity index (χ1n) is 10.5. The van der Waals surface area contributed by atoms with Gasteiger partial charge in [-0.05, 0) is 55.2 Å². The Morgan fingerprint density at radius 2 is 1.93 bits per heavy atom. The number of hydrogen-bond acceptors (Lipinski definition) is 7. The molecule has 0 bridgehead atoms. The first kappa shape index (κ1) is 19.7. The number of nitrogens with one attached hydrogen (secondary N) is 2. The lowest BCUT2D eigenvalue weighted by atomic mass is 10.0. The number of rotatable bonds is 6. The Labute approximate surface area is 185 Å². The largest absolute Gasteiger partial charge is 0.497 e. The van der Waals surface area contributed by atoms with Crippen LogP contribution in [0.4, 0.5) is 10.8 Å². The van der Waals surface area contributed by atoms with Crippen molar-refractivity contribution in [3.05, 3.63) is 48.0 Å². The molecule has 1 fully saturated rings. The Bertz CT molecular complexity index is 1050. The summed E-state index contributed by atoms with van der Waals surface area (Å²) in [6.07, 6.45) is 6.10. The molecule has 2 aromatic carbocycles. The second kappa shape index (κ2) is 8.47. The monoisotopic (exact) mass is 438 g/mol. The number of amidine groups is 1. The first-order chi connectivity index (χ1) is 14.7. The van der Waals surface area contributed by atoms with Crippen LogP contribution in [0, 0.1) is 0 Å². The maximum Gasteiger partial charge on any atom is 0.183 e. The quantitative estimate of drug-likeness (QED) is 0.510. The maximum atomic E-state index is 5.29. The molecule has 1 spiro atoms.